The normalized spacial score (nSPS) is 15.8. The fraction of sp³-hybridized carbons (Fsp3) is 0.892. The molecule has 0 aliphatic heterocycles. The molecule has 0 aliphatic rings. The number of likely N-dealkylation sites (N-methyl/N-ethyl adjacent to an activating group) is 5. The third-order valence-electron chi connectivity index (χ3n) is 11.2. The molecule has 0 saturated heterocycles. The summed E-state index contributed by atoms with van der Waals surface area (Å²) in [6.45, 7) is 7.23. The minimum atomic E-state index is -4.41. The van der Waals surface area contributed by atoms with E-state index in [1.165, 1.54) is 0 Å². The van der Waals surface area contributed by atoms with Crippen LogP contribution in [0.2, 0.25) is 0 Å². The summed E-state index contributed by atoms with van der Waals surface area (Å²) in [4.78, 5) is 50.0. The van der Waals surface area contributed by atoms with Crippen LogP contribution in [-0.2, 0) is 64.3 Å². The van der Waals surface area contributed by atoms with Gasteiger partial charge in [-0.2, -0.15) is 21.0 Å². The average Bonchev–Trinajstić information content (AvgIpc) is 3.17. The van der Waals surface area contributed by atoms with E-state index in [4.69, 9.17) is 14.0 Å². The quantitative estimate of drug-likeness (QED) is 0.00529. The van der Waals surface area contributed by atoms with Crippen molar-refractivity contribution in [3.8, 4) is 0 Å². The van der Waals surface area contributed by atoms with E-state index in [0.29, 0.717) is 49.1 Å². The number of nitrogens with one attached hydrogen (secondary N) is 4. The number of hydrogen-bond acceptors (Lipinski definition) is 14. The summed E-state index contributed by atoms with van der Waals surface area (Å²) in [5.41, 5.74) is 0. The van der Waals surface area contributed by atoms with Gasteiger partial charge in [-0.15, -0.1) is 4.33 Å². The van der Waals surface area contributed by atoms with Crippen LogP contribution in [0.3, 0.4) is 0 Å². The van der Waals surface area contributed by atoms with E-state index in [2.05, 4.69) is 44.6 Å². The predicted molar refractivity (Wildman–Crippen MR) is 248 cm³/mol. The van der Waals surface area contributed by atoms with Crippen LogP contribution >= 0.6 is 12.0 Å². The molecule has 66 heavy (non-hydrogen) atoms. The Kier molecular flexibility index (Phi) is 30.1. The standard InChI is InChI=1S/C37H77N9O16S4/c1-9-44(6,28-26-42(2,3)31-63-62-61-51)22-18-38-34(47)14-10-12-16-36(49)40-20-24-46(8,33-66(57,58)59)25-21-41-37(50)17-13-11-15-35(48)39-19-23-45(7,30-60-64(52)53)29-27-43(4,5)32-65(54,55)56/h9-33H2,1-8H3,(H3-5,38,39,40,41,47,48,49,50,51,52,53,54,55,56,57,58,59)/p+5. The Hall–Kier alpha value is -2.20. The molecule has 0 aromatic carbocycles. The zero-order chi connectivity index (χ0) is 50.7. The van der Waals surface area contributed by atoms with E-state index < -0.39 is 43.4 Å². The van der Waals surface area contributed by atoms with Gasteiger partial charge in [0, 0.05) is 25.7 Å². The van der Waals surface area contributed by atoms with Crippen molar-refractivity contribution in [1.29, 1.82) is 0 Å². The molecule has 4 atom stereocenters. The molecule has 0 radical (unpaired) electrons. The number of unbranched alkanes of at least 4 members (excludes halogenated alkanes) is 2. The lowest BCUT2D eigenvalue weighted by Crippen LogP contribution is -2.56. The van der Waals surface area contributed by atoms with E-state index in [-0.39, 0.29) is 115 Å². The monoisotopic (exact) mass is 1040 g/mol. The molecule has 0 rings (SSSR count). The molecule has 29 heteroatoms. The van der Waals surface area contributed by atoms with Crippen LogP contribution in [0.4, 0.5) is 0 Å². The van der Waals surface area contributed by atoms with Crippen molar-refractivity contribution < 1.29 is 95.1 Å². The lowest BCUT2D eigenvalue weighted by atomic mass is 10.2. The van der Waals surface area contributed by atoms with Gasteiger partial charge < -0.3 is 39.2 Å². The van der Waals surface area contributed by atoms with Gasteiger partial charge in [0.1, 0.15) is 26.2 Å². The third kappa shape index (κ3) is 35.0. The van der Waals surface area contributed by atoms with E-state index in [1.54, 1.807) is 28.2 Å². The molecular weight excluding hydrogens is 955 g/mol. The second-order valence-electron chi connectivity index (χ2n) is 18.9. The summed E-state index contributed by atoms with van der Waals surface area (Å²) < 4.78 is 96.1. The topological polar surface area (TPSA) is 310 Å². The maximum atomic E-state index is 12.5. The highest BCUT2D eigenvalue weighted by Crippen LogP contribution is 2.13. The molecule has 0 saturated carbocycles. The number of amides is 4. The molecular formula is C37H82N9O16S4+5. The molecule has 4 unspecified atom stereocenters. The first-order chi connectivity index (χ1) is 30.4. The van der Waals surface area contributed by atoms with E-state index in [9.17, 15) is 49.3 Å². The minimum Gasteiger partial charge on any atom is -0.350 e. The third-order valence-corrected chi connectivity index (χ3v) is 14.4. The van der Waals surface area contributed by atoms with Gasteiger partial charge in [0.25, 0.3) is 0 Å². The zero-order valence-electron chi connectivity index (χ0n) is 40.2. The Balaban J connectivity index is 4.62. The van der Waals surface area contributed by atoms with Crippen LogP contribution in [-0.4, -0.2) is 245 Å². The number of nitrogens with zero attached hydrogens (tertiary/aromatic N) is 5. The highest BCUT2D eigenvalue weighted by molar-refractivity contribution is 7.94. The van der Waals surface area contributed by atoms with Gasteiger partial charge in [-0.25, -0.2) is 9.44 Å². The van der Waals surface area contributed by atoms with E-state index in [1.807, 2.05) is 14.1 Å². The van der Waals surface area contributed by atoms with Gasteiger partial charge in [-0.05, 0) is 32.6 Å². The molecule has 25 nitrogen and oxygen atoms in total. The summed E-state index contributed by atoms with van der Waals surface area (Å²) in [5.74, 6) is -1.55. The zero-order valence-corrected chi connectivity index (χ0v) is 43.5. The Morgan fingerprint density at radius 1 is 0.561 bits per heavy atom. The summed E-state index contributed by atoms with van der Waals surface area (Å²) in [5, 5.41) is 23.2. The number of hydrogen-bond donors (Lipinski definition) is 8. The maximum absolute atomic E-state index is 12.5. The molecule has 0 aromatic rings. The van der Waals surface area contributed by atoms with Crippen molar-refractivity contribution in [1.82, 2.24) is 21.3 Å². The summed E-state index contributed by atoms with van der Waals surface area (Å²) in [7, 11) is 4.09. The fourth-order valence-electron chi connectivity index (χ4n) is 6.61. The van der Waals surface area contributed by atoms with Crippen LogP contribution in [0.1, 0.15) is 58.3 Å². The Labute approximate surface area is 399 Å². The van der Waals surface area contributed by atoms with Gasteiger partial charge in [0.2, 0.25) is 42.1 Å². The van der Waals surface area contributed by atoms with E-state index >= 15 is 0 Å². The molecule has 0 spiro atoms. The van der Waals surface area contributed by atoms with Crippen molar-refractivity contribution >= 4 is 67.3 Å². The first-order valence-electron chi connectivity index (χ1n) is 21.8. The molecule has 8 N–H and O–H groups in total. The van der Waals surface area contributed by atoms with Crippen molar-refractivity contribution in [2.75, 3.05) is 159 Å². The van der Waals surface area contributed by atoms with Crippen molar-refractivity contribution in [2.24, 2.45) is 0 Å². The van der Waals surface area contributed by atoms with Crippen LogP contribution in [0.5, 0.6) is 0 Å². The van der Waals surface area contributed by atoms with Gasteiger partial charge in [0.15, 0.2) is 5.88 Å². The first kappa shape index (κ1) is 63.8. The predicted octanol–water partition coefficient (Wildman–Crippen LogP) is -1.09. The minimum absolute atomic E-state index is 0.0585. The van der Waals surface area contributed by atoms with Gasteiger partial charge in [-0.3, -0.25) is 37.3 Å². The first-order valence-corrected chi connectivity index (χ1v) is 27.0. The SMILES string of the molecule is CC[N+](C)(CCNC(=O)CCCCC(=O)NCC[N+](C)(CCNC(=O)CCCCC(=O)NCC[N+](C)(CC[N+](C)(C)CS(=O)(=O)O)COS(=O)O)CS(=O)(=O)O)CC[N+](C)(C)CSOOO. The second-order valence-corrected chi connectivity index (χ2v) is 23.1. The van der Waals surface area contributed by atoms with Gasteiger partial charge >= 0.3 is 31.6 Å². The lowest BCUT2D eigenvalue weighted by Gasteiger charge is -2.37. The van der Waals surface area contributed by atoms with Crippen molar-refractivity contribution in [2.45, 2.75) is 58.3 Å². The highest BCUT2D eigenvalue weighted by atomic mass is 32.2. The van der Waals surface area contributed by atoms with Crippen LogP contribution in [0, 0.1) is 0 Å². The maximum Gasteiger partial charge on any atom is 0.316 e. The smallest absolute Gasteiger partial charge is 0.316 e. The number of quaternary nitrogens is 5. The molecule has 4 amide bonds. The van der Waals surface area contributed by atoms with Crippen LogP contribution in [0.15, 0.2) is 0 Å². The van der Waals surface area contributed by atoms with Crippen molar-refractivity contribution in [3.63, 3.8) is 0 Å². The molecule has 0 heterocycles. The second kappa shape index (κ2) is 31.1. The number of carbonyl (C=O) groups is 4. The Morgan fingerprint density at radius 3 is 1.29 bits per heavy atom. The average molecular weight is 1040 g/mol. The molecule has 390 valence electrons. The van der Waals surface area contributed by atoms with Crippen LogP contribution in [0.25, 0.3) is 0 Å². The van der Waals surface area contributed by atoms with E-state index in [0.717, 1.165) is 42.7 Å². The molecule has 0 fully saturated rings. The number of carbonyl (C=O) groups excluding carboxylic acids is 4. The summed E-state index contributed by atoms with van der Waals surface area (Å²) in [6.07, 6.45) is 2.42. The Bertz CT molecular complexity index is 1730. The number of rotatable bonds is 40. The fourth-order valence-corrected chi connectivity index (χ4v) is 9.52. The largest absolute Gasteiger partial charge is 0.350 e. The van der Waals surface area contributed by atoms with Gasteiger partial charge in [-0.1, -0.05) is 5.04 Å². The summed E-state index contributed by atoms with van der Waals surface area (Å²) in [6, 6.07) is 0. The molecule has 0 bridgehead atoms. The molecule has 0 aromatic heterocycles. The highest BCUT2D eigenvalue weighted by Gasteiger charge is 2.31. The molecule has 0 aliphatic carbocycles. The van der Waals surface area contributed by atoms with Crippen molar-refractivity contribution in [3.05, 3.63) is 0 Å². The Morgan fingerprint density at radius 2 is 0.924 bits per heavy atom. The lowest BCUT2D eigenvalue weighted by molar-refractivity contribution is -0.959. The van der Waals surface area contributed by atoms with Crippen LogP contribution < -0.4 is 21.3 Å². The summed E-state index contributed by atoms with van der Waals surface area (Å²) >= 11 is -1.53. The van der Waals surface area contributed by atoms with Gasteiger partial charge in [0.05, 0.1) is 120 Å².